The minimum Gasteiger partial charge on any atom is -0.352 e. The van der Waals surface area contributed by atoms with Gasteiger partial charge in [0.1, 0.15) is 0 Å². The van der Waals surface area contributed by atoms with Crippen molar-refractivity contribution in [2.45, 2.75) is 46.5 Å². The fraction of sp³-hybridized carbons (Fsp3) is 0.421. The molecular weight excluding hydrogens is 300 g/mol. The molecule has 0 bridgehead atoms. The third kappa shape index (κ3) is 5.65. The second-order valence-corrected chi connectivity index (χ2v) is 6.00. The zero-order valence-corrected chi connectivity index (χ0v) is 14.7. The van der Waals surface area contributed by atoms with Gasteiger partial charge in [-0.2, -0.15) is 0 Å². The topological polar surface area (TPSA) is 66.9 Å². The Morgan fingerprint density at radius 3 is 2.50 bits per heavy atom. The highest BCUT2D eigenvalue weighted by Gasteiger charge is 2.07. The summed E-state index contributed by atoms with van der Waals surface area (Å²) < 4.78 is 0. The van der Waals surface area contributed by atoms with Gasteiger partial charge >= 0.3 is 0 Å². The van der Waals surface area contributed by atoms with E-state index in [1.165, 1.54) is 12.8 Å². The van der Waals surface area contributed by atoms with Crippen molar-refractivity contribution in [3.05, 3.63) is 47.3 Å². The first-order chi connectivity index (χ1) is 11.6. The molecule has 0 radical (unpaired) electrons. The van der Waals surface area contributed by atoms with Crippen molar-refractivity contribution in [1.82, 2.24) is 15.3 Å². The number of nitrogens with zero attached hydrogens (tertiary/aromatic N) is 2. The number of hydrogen-bond acceptors (Lipinski definition) is 4. The number of carbonyl (C=O) groups is 1. The number of amides is 1. The quantitative estimate of drug-likeness (QED) is 0.715. The van der Waals surface area contributed by atoms with E-state index in [1.807, 2.05) is 44.2 Å². The summed E-state index contributed by atoms with van der Waals surface area (Å²) in [5.41, 5.74) is 3.26. The van der Waals surface area contributed by atoms with Crippen LogP contribution in [0.3, 0.4) is 0 Å². The van der Waals surface area contributed by atoms with Gasteiger partial charge in [-0.3, -0.25) is 4.79 Å². The standard InChI is InChI=1S/C19H26N4O/c1-4-5-6-7-11-20-18(24)16-9-8-10-17(13-16)23-19-21-14(2)12-15(3)22-19/h8-10,12-13H,4-7,11H2,1-3H3,(H,20,24)(H,21,22,23). The van der Waals surface area contributed by atoms with Gasteiger partial charge in [-0.1, -0.05) is 32.3 Å². The molecule has 2 rings (SSSR count). The zero-order valence-electron chi connectivity index (χ0n) is 14.7. The molecule has 1 amide bonds. The van der Waals surface area contributed by atoms with E-state index < -0.39 is 0 Å². The lowest BCUT2D eigenvalue weighted by atomic mass is 10.1. The Morgan fingerprint density at radius 1 is 1.04 bits per heavy atom. The number of hydrogen-bond donors (Lipinski definition) is 2. The van der Waals surface area contributed by atoms with Gasteiger partial charge in [0.15, 0.2) is 0 Å². The minimum atomic E-state index is -0.0449. The van der Waals surface area contributed by atoms with E-state index in [0.717, 1.165) is 36.5 Å². The average Bonchev–Trinajstić information content (AvgIpc) is 2.54. The summed E-state index contributed by atoms with van der Waals surface area (Å²) in [5, 5.41) is 6.13. The van der Waals surface area contributed by atoms with Crippen LogP contribution in [0.25, 0.3) is 0 Å². The number of unbranched alkanes of at least 4 members (excludes halogenated alkanes) is 3. The summed E-state index contributed by atoms with van der Waals surface area (Å²) in [5.74, 6) is 0.501. The summed E-state index contributed by atoms with van der Waals surface area (Å²) in [6.45, 7) is 6.76. The number of rotatable bonds is 8. The van der Waals surface area contributed by atoms with Crippen molar-refractivity contribution >= 4 is 17.5 Å². The number of aromatic nitrogens is 2. The molecule has 0 atom stereocenters. The lowest BCUT2D eigenvalue weighted by Gasteiger charge is -2.09. The fourth-order valence-corrected chi connectivity index (χ4v) is 2.50. The normalized spacial score (nSPS) is 10.5. The highest BCUT2D eigenvalue weighted by Crippen LogP contribution is 2.15. The van der Waals surface area contributed by atoms with E-state index in [4.69, 9.17) is 0 Å². The number of aryl methyl sites for hydroxylation is 2. The SMILES string of the molecule is CCCCCCNC(=O)c1cccc(Nc2nc(C)cc(C)n2)c1. The lowest BCUT2D eigenvalue weighted by molar-refractivity contribution is 0.0953. The molecule has 0 aliphatic heterocycles. The monoisotopic (exact) mass is 326 g/mol. The van der Waals surface area contributed by atoms with Gasteiger partial charge in [0.05, 0.1) is 0 Å². The van der Waals surface area contributed by atoms with Crippen LogP contribution in [0.2, 0.25) is 0 Å². The summed E-state index contributed by atoms with van der Waals surface area (Å²) in [6.07, 6.45) is 4.59. The maximum atomic E-state index is 12.2. The van der Waals surface area contributed by atoms with Crippen LogP contribution in [0.15, 0.2) is 30.3 Å². The van der Waals surface area contributed by atoms with Crippen molar-refractivity contribution < 1.29 is 4.79 Å². The molecule has 0 fully saturated rings. The van der Waals surface area contributed by atoms with E-state index in [0.29, 0.717) is 11.5 Å². The van der Waals surface area contributed by atoms with Crippen LogP contribution < -0.4 is 10.6 Å². The average molecular weight is 326 g/mol. The molecule has 1 aromatic carbocycles. The zero-order chi connectivity index (χ0) is 17.4. The molecule has 5 nitrogen and oxygen atoms in total. The summed E-state index contributed by atoms with van der Waals surface area (Å²) in [7, 11) is 0. The molecule has 0 saturated heterocycles. The number of nitrogens with one attached hydrogen (secondary N) is 2. The smallest absolute Gasteiger partial charge is 0.251 e. The van der Waals surface area contributed by atoms with Crippen LogP contribution >= 0.6 is 0 Å². The van der Waals surface area contributed by atoms with Crippen molar-refractivity contribution in [2.24, 2.45) is 0 Å². The van der Waals surface area contributed by atoms with E-state index >= 15 is 0 Å². The van der Waals surface area contributed by atoms with Crippen molar-refractivity contribution in [2.75, 3.05) is 11.9 Å². The van der Waals surface area contributed by atoms with E-state index in [2.05, 4.69) is 27.5 Å². The third-order valence-electron chi connectivity index (χ3n) is 3.68. The van der Waals surface area contributed by atoms with Crippen LogP contribution in [-0.2, 0) is 0 Å². The first kappa shape index (κ1) is 17.9. The molecule has 0 aliphatic carbocycles. The van der Waals surface area contributed by atoms with Gasteiger partial charge in [0, 0.05) is 29.2 Å². The molecule has 0 saturated carbocycles. The second kappa shape index (κ2) is 9.01. The minimum absolute atomic E-state index is 0.0449. The summed E-state index contributed by atoms with van der Waals surface area (Å²) in [4.78, 5) is 20.9. The Balaban J connectivity index is 1.96. The molecule has 128 valence electrons. The van der Waals surface area contributed by atoms with E-state index in [-0.39, 0.29) is 5.91 Å². The molecule has 2 aromatic rings. The van der Waals surface area contributed by atoms with Gasteiger partial charge < -0.3 is 10.6 Å². The maximum absolute atomic E-state index is 12.2. The van der Waals surface area contributed by atoms with Crippen molar-refractivity contribution in [3.63, 3.8) is 0 Å². The molecule has 1 aromatic heterocycles. The third-order valence-corrected chi connectivity index (χ3v) is 3.68. The highest BCUT2D eigenvalue weighted by atomic mass is 16.1. The van der Waals surface area contributed by atoms with Crippen LogP contribution in [0.4, 0.5) is 11.6 Å². The Bertz CT molecular complexity index is 665. The molecule has 0 unspecified atom stereocenters. The highest BCUT2D eigenvalue weighted by molar-refractivity contribution is 5.95. The maximum Gasteiger partial charge on any atom is 0.251 e. The largest absolute Gasteiger partial charge is 0.352 e. The molecule has 1 heterocycles. The number of carbonyl (C=O) groups excluding carboxylic acids is 1. The Kier molecular flexibility index (Phi) is 6.73. The van der Waals surface area contributed by atoms with Gasteiger partial charge in [-0.25, -0.2) is 9.97 Å². The van der Waals surface area contributed by atoms with Crippen LogP contribution in [0.5, 0.6) is 0 Å². The first-order valence-electron chi connectivity index (χ1n) is 8.56. The predicted molar refractivity (Wildman–Crippen MR) is 97.7 cm³/mol. The lowest BCUT2D eigenvalue weighted by Crippen LogP contribution is -2.24. The van der Waals surface area contributed by atoms with E-state index in [9.17, 15) is 4.79 Å². The molecule has 0 spiro atoms. The molecule has 2 N–H and O–H groups in total. The van der Waals surface area contributed by atoms with Gasteiger partial charge in [0.25, 0.3) is 5.91 Å². The van der Waals surface area contributed by atoms with Crippen molar-refractivity contribution in [1.29, 1.82) is 0 Å². The number of anilines is 2. The Labute approximate surface area is 143 Å². The Morgan fingerprint density at radius 2 is 1.79 bits per heavy atom. The molecule has 0 aliphatic rings. The Hall–Kier alpha value is -2.43. The predicted octanol–water partition coefficient (Wildman–Crippen LogP) is 4.15. The summed E-state index contributed by atoms with van der Waals surface area (Å²) >= 11 is 0. The van der Waals surface area contributed by atoms with Crippen LogP contribution in [0, 0.1) is 13.8 Å². The van der Waals surface area contributed by atoms with Crippen LogP contribution in [-0.4, -0.2) is 22.4 Å². The molecular formula is C19H26N4O. The van der Waals surface area contributed by atoms with Crippen molar-refractivity contribution in [3.8, 4) is 0 Å². The van der Waals surface area contributed by atoms with Gasteiger partial charge in [-0.15, -0.1) is 0 Å². The van der Waals surface area contributed by atoms with Gasteiger partial charge in [0.2, 0.25) is 5.95 Å². The number of benzene rings is 1. The van der Waals surface area contributed by atoms with Crippen LogP contribution in [0.1, 0.15) is 54.4 Å². The fourth-order valence-electron chi connectivity index (χ4n) is 2.50. The van der Waals surface area contributed by atoms with Gasteiger partial charge in [-0.05, 0) is 44.5 Å². The summed E-state index contributed by atoms with van der Waals surface area (Å²) in [6, 6.07) is 9.32. The molecule has 24 heavy (non-hydrogen) atoms. The van der Waals surface area contributed by atoms with E-state index in [1.54, 1.807) is 0 Å². The molecule has 5 heteroatoms. The second-order valence-electron chi connectivity index (χ2n) is 6.00. The first-order valence-corrected chi connectivity index (χ1v) is 8.56.